The summed E-state index contributed by atoms with van der Waals surface area (Å²) in [4.78, 5) is 21.7. The highest BCUT2D eigenvalue weighted by Gasteiger charge is 2.54. The van der Waals surface area contributed by atoms with Crippen molar-refractivity contribution in [1.82, 2.24) is 4.90 Å². The van der Waals surface area contributed by atoms with Crippen LogP contribution in [0.15, 0.2) is 71.4 Å². The van der Waals surface area contributed by atoms with Crippen molar-refractivity contribution in [3.8, 4) is 0 Å². The van der Waals surface area contributed by atoms with Gasteiger partial charge in [0.05, 0.1) is 6.34 Å². The molecule has 5 rings (SSSR count). The van der Waals surface area contributed by atoms with E-state index in [0.29, 0.717) is 6.04 Å². The van der Waals surface area contributed by atoms with Crippen LogP contribution >= 0.6 is 0 Å². The molecule has 2 atom stereocenters. The van der Waals surface area contributed by atoms with Crippen LogP contribution in [0.25, 0.3) is 0 Å². The molecule has 0 saturated carbocycles. The number of hydrogen-bond acceptors (Lipinski definition) is 3. The van der Waals surface area contributed by atoms with Crippen molar-refractivity contribution >= 4 is 17.9 Å². The number of nitrogens with zero attached hydrogens (tertiary/aromatic N) is 3. The molecule has 1 amide bonds. The highest BCUT2D eigenvalue weighted by atomic mass is 16.2. The van der Waals surface area contributed by atoms with Crippen LogP contribution in [0.5, 0.6) is 0 Å². The summed E-state index contributed by atoms with van der Waals surface area (Å²) in [5.41, 5.74) is 4.30. The molecule has 0 N–H and O–H groups in total. The molecular weight excluding hydrogens is 334 g/mol. The first-order chi connectivity index (χ1) is 13.2. The summed E-state index contributed by atoms with van der Waals surface area (Å²) in [7, 11) is 0. The molecule has 2 bridgehead atoms. The molecule has 3 aliphatic rings. The minimum Gasteiger partial charge on any atom is -0.367 e. The van der Waals surface area contributed by atoms with Gasteiger partial charge in [0, 0.05) is 36.8 Å². The van der Waals surface area contributed by atoms with Gasteiger partial charge in [0.1, 0.15) is 5.54 Å². The molecule has 2 aromatic carbocycles. The second kappa shape index (κ2) is 6.08. The third-order valence-corrected chi connectivity index (χ3v) is 6.14. The fraction of sp³-hybridized carbons (Fsp3) is 0.304. The van der Waals surface area contributed by atoms with Crippen molar-refractivity contribution < 1.29 is 4.79 Å². The molecule has 1 saturated heterocycles. The number of carbonyl (C=O) groups is 1. The first-order valence-corrected chi connectivity index (χ1v) is 9.60. The predicted octanol–water partition coefficient (Wildman–Crippen LogP) is 4.06. The molecule has 3 aliphatic heterocycles. The van der Waals surface area contributed by atoms with E-state index in [1.165, 1.54) is 16.8 Å². The molecule has 2 unspecified atom stereocenters. The van der Waals surface area contributed by atoms with Crippen LogP contribution in [-0.2, 0) is 11.3 Å². The molecule has 1 fully saturated rings. The predicted molar refractivity (Wildman–Crippen MR) is 108 cm³/mol. The van der Waals surface area contributed by atoms with Gasteiger partial charge in [0.25, 0.3) is 5.91 Å². The van der Waals surface area contributed by atoms with Gasteiger partial charge < -0.3 is 9.80 Å². The van der Waals surface area contributed by atoms with Crippen LogP contribution in [0, 0.1) is 6.92 Å². The number of aryl methyl sites for hydroxylation is 1. The molecule has 1 spiro atoms. The first-order valence-electron chi connectivity index (χ1n) is 9.60. The average Bonchev–Trinajstić information content (AvgIpc) is 3.10. The maximum absolute atomic E-state index is 12.9. The van der Waals surface area contributed by atoms with Gasteiger partial charge in [-0.25, -0.2) is 4.99 Å². The maximum Gasteiger partial charge on any atom is 0.273 e. The van der Waals surface area contributed by atoms with Gasteiger partial charge in [-0.05, 0) is 31.0 Å². The number of piperidine rings is 1. The number of benzene rings is 2. The summed E-state index contributed by atoms with van der Waals surface area (Å²) >= 11 is 0. The van der Waals surface area contributed by atoms with Crippen LogP contribution in [-0.4, -0.2) is 28.7 Å². The average molecular weight is 357 g/mol. The van der Waals surface area contributed by atoms with Crippen LogP contribution in [0.3, 0.4) is 0 Å². The van der Waals surface area contributed by atoms with Gasteiger partial charge in [-0.3, -0.25) is 4.79 Å². The third kappa shape index (κ3) is 2.59. The van der Waals surface area contributed by atoms with Gasteiger partial charge in [-0.15, -0.1) is 0 Å². The summed E-state index contributed by atoms with van der Waals surface area (Å²) in [6.07, 6.45) is 6.61. The van der Waals surface area contributed by atoms with Crippen molar-refractivity contribution in [2.75, 3.05) is 4.90 Å². The van der Waals surface area contributed by atoms with Crippen molar-refractivity contribution in [2.24, 2.45) is 4.99 Å². The zero-order valence-electron chi connectivity index (χ0n) is 15.5. The molecule has 0 aromatic heterocycles. The van der Waals surface area contributed by atoms with Crippen molar-refractivity contribution in [3.05, 3.63) is 77.5 Å². The lowest BCUT2D eigenvalue weighted by molar-refractivity contribution is -0.123. The van der Waals surface area contributed by atoms with E-state index in [2.05, 4.69) is 82.4 Å². The van der Waals surface area contributed by atoms with Gasteiger partial charge in [-0.2, -0.15) is 0 Å². The molecule has 0 radical (unpaired) electrons. The zero-order valence-corrected chi connectivity index (χ0v) is 15.5. The second-order valence-corrected chi connectivity index (χ2v) is 7.87. The summed E-state index contributed by atoms with van der Waals surface area (Å²) in [5.74, 6) is 0.000219. The van der Waals surface area contributed by atoms with Crippen molar-refractivity contribution in [3.63, 3.8) is 0 Å². The quantitative estimate of drug-likeness (QED) is 0.831. The number of aliphatic imine (C=N–C) groups is 1. The minimum absolute atomic E-state index is 0.000219. The Balaban J connectivity index is 1.44. The van der Waals surface area contributed by atoms with Crippen LogP contribution in [0.4, 0.5) is 5.69 Å². The molecule has 4 nitrogen and oxygen atoms in total. The van der Waals surface area contributed by atoms with Crippen LogP contribution in [0.2, 0.25) is 0 Å². The Kier molecular flexibility index (Phi) is 3.67. The smallest absolute Gasteiger partial charge is 0.273 e. The van der Waals surface area contributed by atoms with E-state index in [9.17, 15) is 4.79 Å². The Hall–Kier alpha value is -2.88. The number of hydrogen-bond donors (Lipinski definition) is 0. The number of rotatable bonds is 3. The molecule has 2 aromatic rings. The molecule has 0 aliphatic carbocycles. The fourth-order valence-electron chi connectivity index (χ4n) is 4.70. The van der Waals surface area contributed by atoms with Gasteiger partial charge in [-0.1, -0.05) is 54.1 Å². The van der Waals surface area contributed by atoms with E-state index >= 15 is 0 Å². The Bertz CT molecular complexity index is 932. The summed E-state index contributed by atoms with van der Waals surface area (Å²) in [5, 5.41) is 0. The normalized spacial score (nSPS) is 26.2. The molecular formula is C23H23N3O. The zero-order chi connectivity index (χ0) is 18.4. The standard InChI is InChI=1S/C23H23N3O/c1-17-7-9-19(10-8-17)26-16-24-22(27)23(26)13-20-11-12-21(14-23)25(20)15-18-5-3-2-4-6-18/h2-11,16,21H,12-15H2,1H3. The highest BCUT2D eigenvalue weighted by Crippen LogP contribution is 2.46. The molecule has 27 heavy (non-hydrogen) atoms. The minimum atomic E-state index is -0.560. The third-order valence-electron chi connectivity index (χ3n) is 6.14. The fourth-order valence-corrected chi connectivity index (χ4v) is 4.70. The summed E-state index contributed by atoms with van der Waals surface area (Å²) in [6, 6.07) is 19.3. The van der Waals surface area contributed by atoms with E-state index < -0.39 is 5.54 Å². The first kappa shape index (κ1) is 16.3. The van der Waals surface area contributed by atoms with E-state index in [-0.39, 0.29) is 5.91 Å². The Morgan fingerprint density at radius 2 is 1.89 bits per heavy atom. The maximum atomic E-state index is 12.9. The topological polar surface area (TPSA) is 35.9 Å². The second-order valence-electron chi connectivity index (χ2n) is 7.87. The van der Waals surface area contributed by atoms with E-state index in [0.717, 1.165) is 31.5 Å². The number of amides is 1. The molecule has 4 heteroatoms. The van der Waals surface area contributed by atoms with Crippen molar-refractivity contribution in [1.29, 1.82) is 0 Å². The Labute approximate surface area is 159 Å². The van der Waals surface area contributed by atoms with Crippen LogP contribution in [0.1, 0.15) is 30.4 Å². The lowest BCUT2D eigenvalue weighted by Gasteiger charge is -2.46. The molecule has 136 valence electrons. The summed E-state index contributed by atoms with van der Waals surface area (Å²) < 4.78 is 0. The SMILES string of the molecule is Cc1ccc(N2C=NC(=O)C23CC2=CCC(C3)N2Cc2ccccc2)cc1. The highest BCUT2D eigenvalue weighted by molar-refractivity contribution is 6.08. The molecule has 3 heterocycles. The van der Waals surface area contributed by atoms with Gasteiger partial charge in [0.2, 0.25) is 0 Å². The van der Waals surface area contributed by atoms with Gasteiger partial charge in [0.15, 0.2) is 0 Å². The Morgan fingerprint density at radius 1 is 1.11 bits per heavy atom. The van der Waals surface area contributed by atoms with E-state index in [1.807, 2.05) is 0 Å². The lowest BCUT2D eigenvalue weighted by Crippen LogP contribution is -2.57. The summed E-state index contributed by atoms with van der Waals surface area (Å²) in [6.45, 7) is 2.99. The number of carbonyl (C=O) groups excluding carboxylic acids is 1. The lowest BCUT2D eigenvalue weighted by atomic mass is 9.81. The van der Waals surface area contributed by atoms with Crippen LogP contribution < -0.4 is 4.90 Å². The number of fused-ring (bicyclic) bond motifs is 2. The van der Waals surface area contributed by atoms with Gasteiger partial charge >= 0.3 is 0 Å². The monoisotopic (exact) mass is 357 g/mol. The van der Waals surface area contributed by atoms with E-state index in [4.69, 9.17) is 0 Å². The largest absolute Gasteiger partial charge is 0.367 e. The Morgan fingerprint density at radius 3 is 2.63 bits per heavy atom. The van der Waals surface area contributed by atoms with E-state index in [1.54, 1.807) is 6.34 Å². The number of anilines is 1. The van der Waals surface area contributed by atoms with Crippen molar-refractivity contribution in [2.45, 2.75) is 44.3 Å².